The van der Waals surface area contributed by atoms with Crippen LogP contribution in [0.15, 0.2) is 75.0 Å². The topological polar surface area (TPSA) is 98.2 Å². The number of rotatable bonds is 8. The van der Waals surface area contributed by atoms with Crippen LogP contribution in [0.5, 0.6) is 0 Å². The number of nitro benzene ring substituents is 1. The van der Waals surface area contributed by atoms with Gasteiger partial charge in [-0.25, -0.2) is 4.99 Å². The van der Waals surface area contributed by atoms with Crippen molar-refractivity contribution in [2.75, 3.05) is 20.3 Å². The van der Waals surface area contributed by atoms with E-state index in [4.69, 9.17) is 9.15 Å². The van der Waals surface area contributed by atoms with Gasteiger partial charge in [-0.05, 0) is 49.4 Å². The van der Waals surface area contributed by atoms with Crippen molar-refractivity contribution in [3.63, 3.8) is 0 Å². The molecule has 1 aliphatic heterocycles. The molecule has 0 aliphatic carbocycles. The van der Waals surface area contributed by atoms with Gasteiger partial charge in [0.15, 0.2) is 5.17 Å². The van der Waals surface area contributed by atoms with Crippen molar-refractivity contribution >= 4 is 40.3 Å². The molecule has 1 fully saturated rings. The van der Waals surface area contributed by atoms with E-state index in [2.05, 4.69) is 4.99 Å². The first-order valence-electron chi connectivity index (χ1n) is 10.7. The number of thioether (sulfide) groups is 1. The minimum absolute atomic E-state index is 0.0313. The fourth-order valence-electron chi connectivity index (χ4n) is 3.44. The van der Waals surface area contributed by atoms with Gasteiger partial charge in [0.25, 0.3) is 11.6 Å². The number of hydrogen-bond donors (Lipinski definition) is 0. The lowest BCUT2D eigenvalue weighted by molar-refractivity contribution is -0.385. The van der Waals surface area contributed by atoms with Crippen molar-refractivity contribution in [3.8, 4) is 11.3 Å². The van der Waals surface area contributed by atoms with Gasteiger partial charge in [0, 0.05) is 43.5 Å². The van der Waals surface area contributed by atoms with Crippen LogP contribution in [0.25, 0.3) is 17.4 Å². The molecule has 0 N–H and O–H groups in total. The zero-order valence-corrected chi connectivity index (χ0v) is 19.6. The first-order valence-corrected chi connectivity index (χ1v) is 11.5. The Labute approximate surface area is 201 Å². The Morgan fingerprint density at radius 3 is 2.71 bits per heavy atom. The number of carbonyl (C=O) groups is 1. The number of amides is 1. The number of nitrogens with zero attached hydrogens (tertiary/aromatic N) is 3. The molecule has 2 aromatic carbocycles. The number of carbonyl (C=O) groups excluding carboxylic acids is 1. The smallest absolute Gasteiger partial charge is 0.273 e. The molecule has 0 spiro atoms. The summed E-state index contributed by atoms with van der Waals surface area (Å²) in [5.41, 5.74) is 1.97. The number of furan rings is 1. The van der Waals surface area contributed by atoms with E-state index in [9.17, 15) is 14.9 Å². The van der Waals surface area contributed by atoms with Gasteiger partial charge in [0.1, 0.15) is 11.5 Å². The highest BCUT2D eigenvalue weighted by molar-refractivity contribution is 8.18. The molecule has 1 aliphatic rings. The normalized spacial score (nSPS) is 16.1. The third-order valence-electron chi connectivity index (χ3n) is 5.19. The first kappa shape index (κ1) is 23.5. The van der Waals surface area contributed by atoms with Crippen LogP contribution in [0.2, 0.25) is 0 Å². The quantitative estimate of drug-likeness (QED) is 0.176. The predicted molar refractivity (Wildman–Crippen MR) is 133 cm³/mol. The van der Waals surface area contributed by atoms with Crippen LogP contribution in [0.4, 0.5) is 11.4 Å². The third-order valence-corrected chi connectivity index (χ3v) is 6.20. The minimum atomic E-state index is -0.412. The van der Waals surface area contributed by atoms with Crippen molar-refractivity contribution in [3.05, 3.63) is 87.0 Å². The standard InChI is InChI=1S/C25H23N3O5S/c1-17-9-10-18(15-21(17)28(30)31)22-12-11-20(33-22)16-23-24(29)27(13-6-14-32-2)25(34-23)26-19-7-4-3-5-8-19/h3-5,7-12,15-16H,6,13-14H2,1-2H3/b23-16-,26-25?. The molecule has 3 aromatic rings. The van der Waals surface area contributed by atoms with Gasteiger partial charge in [-0.2, -0.15) is 0 Å². The molecule has 2 heterocycles. The van der Waals surface area contributed by atoms with Gasteiger partial charge in [0.2, 0.25) is 0 Å². The Hall–Kier alpha value is -3.69. The second-order valence-corrected chi connectivity index (χ2v) is 8.61. The molecule has 174 valence electrons. The van der Waals surface area contributed by atoms with Crippen LogP contribution in [-0.4, -0.2) is 41.2 Å². The number of benzene rings is 2. The maximum atomic E-state index is 13.1. The summed E-state index contributed by atoms with van der Waals surface area (Å²) >= 11 is 1.29. The van der Waals surface area contributed by atoms with Crippen LogP contribution >= 0.6 is 11.8 Å². The first-order chi connectivity index (χ1) is 16.5. The fourth-order valence-corrected chi connectivity index (χ4v) is 4.45. The lowest BCUT2D eigenvalue weighted by Gasteiger charge is -2.15. The highest BCUT2D eigenvalue weighted by Gasteiger charge is 2.33. The summed E-state index contributed by atoms with van der Waals surface area (Å²) in [5.74, 6) is 0.812. The minimum Gasteiger partial charge on any atom is -0.457 e. The van der Waals surface area contributed by atoms with Gasteiger partial charge in [-0.3, -0.25) is 19.8 Å². The van der Waals surface area contributed by atoms with E-state index in [1.807, 2.05) is 30.3 Å². The number of methoxy groups -OCH3 is 1. The second-order valence-electron chi connectivity index (χ2n) is 7.60. The zero-order chi connectivity index (χ0) is 24.1. The zero-order valence-electron chi connectivity index (χ0n) is 18.8. The largest absolute Gasteiger partial charge is 0.457 e. The molecule has 0 bridgehead atoms. The maximum Gasteiger partial charge on any atom is 0.273 e. The number of aliphatic imine (C=N–C) groups is 1. The highest BCUT2D eigenvalue weighted by atomic mass is 32.2. The fraction of sp³-hybridized carbons (Fsp3) is 0.200. The number of para-hydroxylation sites is 1. The number of nitro groups is 1. The Morgan fingerprint density at radius 1 is 1.18 bits per heavy atom. The Morgan fingerprint density at radius 2 is 1.97 bits per heavy atom. The van der Waals surface area contributed by atoms with Gasteiger partial charge < -0.3 is 9.15 Å². The molecule has 0 saturated carbocycles. The lowest BCUT2D eigenvalue weighted by Crippen LogP contribution is -2.30. The molecule has 0 unspecified atom stereocenters. The summed E-state index contributed by atoms with van der Waals surface area (Å²) in [7, 11) is 1.63. The highest BCUT2D eigenvalue weighted by Crippen LogP contribution is 2.35. The van der Waals surface area contributed by atoms with Crippen LogP contribution in [0.1, 0.15) is 17.7 Å². The molecular formula is C25H23N3O5S. The third kappa shape index (κ3) is 5.27. The van der Waals surface area contributed by atoms with Crippen LogP contribution in [0, 0.1) is 17.0 Å². The number of hydrogen-bond acceptors (Lipinski definition) is 7. The average molecular weight is 478 g/mol. The lowest BCUT2D eigenvalue weighted by atomic mass is 10.1. The SMILES string of the molecule is COCCCN1C(=O)/C(=C/c2ccc(-c3ccc(C)c([N+](=O)[O-])c3)o2)SC1=Nc1ccccc1. The van der Waals surface area contributed by atoms with E-state index in [0.717, 1.165) is 5.69 Å². The molecule has 0 radical (unpaired) electrons. The van der Waals surface area contributed by atoms with E-state index < -0.39 is 4.92 Å². The molecule has 1 saturated heterocycles. The second kappa shape index (κ2) is 10.5. The Balaban J connectivity index is 1.61. The van der Waals surface area contributed by atoms with E-state index in [1.54, 1.807) is 49.3 Å². The number of aryl methyl sites for hydroxylation is 1. The number of ether oxygens (including phenoxy) is 1. The molecule has 1 amide bonds. The summed E-state index contributed by atoms with van der Waals surface area (Å²) in [6, 6.07) is 17.9. The Kier molecular flexibility index (Phi) is 7.24. The summed E-state index contributed by atoms with van der Waals surface area (Å²) < 4.78 is 11.0. The van der Waals surface area contributed by atoms with E-state index in [-0.39, 0.29) is 11.6 Å². The molecular weight excluding hydrogens is 454 g/mol. The van der Waals surface area contributed by atoms with Crippen molar-refractivity contribution in [1.29, 1.82) is 0 Å². The molecule has 1 aromatic heterocycles. The van der Waals surface area contributed by atoms with Gasteiger partial charge in [-0.1, -0.05) is 30.3 Å². The predicted octanol–water partition coefficient (Wildman–Crippen LogP) is 5.80. The maximum absolute atomic E-state index is 13.1. The van der Waals surface area contributed by atoms with E-state index >= 15 is 0 Å². The van der Waals surface area contributed by atoms with Crippen molar-refractivity contribution < 1.29 is 18.9 Å². The molecule has 9 heteroatoms. The van der Waals surface area contributed by atoms with E-state index in [0.29, 0.717) is 52.3 Å². The van der Waals surface area contributed by atoms with Crippen LogP contribution in [0.3, 0.4) is 0 Å². The molecule has 4 rings (SSSR count). The summed E-state index contributed by atoms with van der Waals surface area (Å²) in [4.78, 5) is 30.8. The van der Waals surface area contributed by atoms with Gasteiger partial charge in [0.05, 0.1) is 15.5 Å². The molecule has 34 heavy (non-hydrogen) atoms. The summed E-state index contributed by atoms with van der Waals surface area (Å²) in [6.07, 6.45) is 2.36. The molecule has 0 atom stereocenters. The van der Waals surface area contributed by atoms with Crippen LogP contribution in [-0.2, 0) is 9.53 Å². The van der Waals surface area contributed by atoms with Gasteiger partial charge >= 0.3 is 0 Å². The molecule has 8 nitrogen and oxygen atoms in total. The van der Waals surface area contributed by atoms with Gasteiger partial charge in [-0.15, -0.1) is 0 Å². The average Bonchev–Trinajstić information content (AvgIpc) is 3.40. The van der Waals surface area contributed by atoms with E-state index in [1.165, 1.54) is 17.8 Å². The monoisotopic (exact) mass is 477 g/mol. The van der Waals surface area contributed by atoms with Crippen molar-refractivity contribution in [2.45, 2.75) is 13.3 Å². The Bertz CT molecular complexity index is 1270. The summed E-state index contributed by atoms with van der Waals surface area (Å²) in [5, 5.41) is 11.9. The van der Waals surface area contributed by atoms with Crippen LogP contribution < -0.4 is 0 Å². The summed E-state index contributed by atoms with van der Waals surface area (Å²) in [6.45, 7) is 2.71. The van der Waals surface area contributed by atoms with Crippen molar-refractivity contribution in [2.24, 2.45) is 4.99 Å². The number of amidine groups is 1. The van der Waals surface area contributed by atoms with Crippen molar-refractivity contribution in [1.82, 2.24) is 4.90 Å².